The third kappa shape index (κ3) is 4.86. The van der Waals surface area contributed by atoms with Crippen LogP contribution in [0.4, 0.5) is 0 Å². The van der Waals surface area contributed by atoms with Crippen molar-refractivity contribution in [3.05, 3.63) is 30.2 Å². The topological polar surface area (TPSA) is 72.4 Å². The number of oxazole rings is 1. The van der Waals surface area contributed by atoms with E-state index in [-0.39, 0.29) is 5.91 Å². The molecule has 114 valence electrons. The molecule has 5 nitrogen and oxygen atoms in total. The van der Waals surface area contributed by atoms with Crippen LogP contribution in [0, 0.1) is 0 Å². The Labute approximate surface area is 125 Å². The first-order valence-electron chi connectivity index (χ1n) is 7.54. The van der Waals surface area contributed by atoms with Crippen molar-refractivity contribution in [3.63, 3.8) is 0 Å². The number of fused-ring (bicyclic) bond motifs is 1. The van der Waals surface area contributed by atoms with Gasteiger partial charge in [-0.15, -0.1) is 0 Å². The second-order valence-corrected chi connectivity index (χ2v) is 5.27. The van der Waals surface area contributed by atoms with Gasteiger partial charge in [0.2, 0.25) is 5.91 Å². The Morgan fingerprint density at radius 2 is 2.05 bits per heavy atom. The predicted molar refractivity (Wildman–Crippen MR) is 82.9 cm³/mol. The van der Waals surface area contributed by atoms with Crippen LogP contribution in [0.15, 0.2) is 28.7 Å². The van der Waals surface area contributed by atoms with Gasteiger partial charge in [0.1, 0.15) is 5.52 Å². The summed E-state index contributed by atoms with van der Waals surface area (Å²) < 4.78 is 5.69. The largest absolute Gasteiger partial charge is 0.441 e. The monoisotopic (exact) mass is 289 g/mol. The van der Waals surface area contributed by atoms with Crippen LogP contribution in [0.25, 0.3) is 11.1 Å². The SMILES string of the molecule is CCCCN(CCCc1nc2ccccc2o1)CC(N)=O. The predicted octanol–water partition coefficient (Wildman–Crippen LogP) is 2.35. The van der Waals surface area contributed by atoms with Gasteiger partial charge in [0.05, 0.1) is 6.54 Å². The molecular formula is C16H23N3O2. The number of carbonyl (C=O) groups excluding carboxylic acids is 1. The number of primary amides is 1. The zero-order valence-corrected chi connectivity index (χ0v) is 12.5. The van der Waals surface area contributed by atoms with Gasteiger partial charge in [-0.25, -0.2) is 4.98 Å². The molecule has 0 aliphatic heterocycles. The Hall–Kier alpha value is -1.88. The molecule has 0 spiro atoms. The molecule has 0 aliphatic carbocycles. The quantitative estimate of drug-likeness (QED) is 0.769. The van der Waals surface area contributed by atoms with Gasteiger partial charge < -0.3 is 10.2 Å². The lowest BCUT2D eigenvalue weighted by molar-refractivity contribution is -0.119. The zero-order chi connectivity index (χ0) is 15.1. The van der Waals surface area contributed by atoms with Gasteiger partial charge >= 0.3 is 0 Å². The fourth-order valence-corrected chi connectivity index (χ4v) is 2.35. The zero-order valence-electron chi connectivity index (χ0n) is 12.5. The molecule has 2 N–H and O–H groups in total. The Bertz CT molecular complexity index is 547. The molecule has 2 aromatic rings. The molecule has 5 heteroatoms. The molecule has 1 heterocycles. The Morgan fingerprint density at radius 3 is 2.76 bits per heavy atom. The molecule has 1 aromatic carbocycles. The second-order valence-electron chi connectivity index (χ2n) is 5.27. The molecular weight excluding hydrogens is 266 g/mol. The van der Waals surface area contributed by atoms with Gasteiger partial charge in [-0.1, -0.05) is 25.5 Å². The number of para-hydroxylation sites is 2. The van der Waals surface area contributed by atoms with Crippen molar-refractivity contribution in [2.75, 3.05) is 19.6 Å². The van der Waals surface area contributed by atoms with Crippen LogP contribution >= 0.6 is 0 Å². The summed E-state index contributed by atoms with van der Waals surface area (Å²) in [4.78, 5) is 17.6. The number of benzene rings is 1. The first kappa shape index (κ1) is 15.5. The molecule has 0 aliphatic rings. The Morgan fingerprint density at radius 1 is 1.29 bits per heavy atom. The number of nitrogens with two attached hydrogens (primary N) is 1. The highest BCUT2D eigenvalue weighted by atomic mass is 16.3. The van der Waals surface area contributed by atoms with E-state index in [2.05, 4.69) is 16.8 Å². The molecule has 0 radical (unpaired) electrons. The Balaban J connectivity index is 1.84. The summed E-state index contributed by atoms with van der Waals surface area (Å²) in [5.74, 6) is 0.485. The van der Waals surface area contributed by atoms with Gasteiger partial charge in [0, 0.05) is 6.42 Å². The summed E-state index contributed by atoms with van der Waals surface area (Å²) in [7, 11) is 0. The normalized spacial score (nSPS) is 11.3. The summed E-state index contributed by atoms with van der Waals surface area (Å²) >= 11 is 0. The van der Waals surface area contributed by atoms with Crippen molar-refractivity contribution in [3.8, 4) is 0 Å². The summed E-state index contributed by atoms with van der Waals surface area (Å²) in [6.07, 6.45) is 3.87. The van der Waals surface area contributed by atoms with Crippen molar-refractivity contribution in [1.29, 1.82) is 0 Å². The number of hydrogen-bond donors (Lipinski definition) is 1. The minimum atomic E-state index is -0.270. The van der Waals surface area contributed by atoms with E-state index >= 15 is 0 Å². The second kappa shape index (κ2) is 7.78. The maximum atomic E-state index is 11.1. The van der Waals surface area contributed by atoms with Crippen LogP contribution in [0.5, 0.6) is 0 Å². The molecule has 2 rings (SSSR count). The number of hydrogen-bond acceptors (Lipinski definition) is 4. The van der Waals surface area contributed by atoms with E-state index in [4.69, 9.17) is 10.2 Å². The van der Waals surface area contributed by atoms with Crippen LogP contribution in [0.1, 0.15) is 32.1 Å². The Kier molecular flexibility index (Phi) is 5.75. The maximum Gasteiger partial charge on any atom is 0.231 e. The molecule has 0 bridgehead atoms. The van der Waals surface area contributed by atoms with E-state index in [1.165, 1.54) is 0 Å². The van der Waals surface area contributed by atoms with E-state index in [0.29, 0.717) is 6.54 Å². The average molecular weight is 289 g/mol. The number of carbonyl (C=O) groups is 1. The first-order valence-corrected chi connectivity index (χ1v) is 7.54. The fourth-order valence-electron chi connectivity index (χ4n) is 2.35. The van der Waals surface area contributed by atoms with E-state index < -0.39 is 0 Å². The number of unbranched alkanes of at least 4 members (excludes halogenated alkanes) is 1. The molecule has 1 amide bonds. The minimum Gasteiger partial charge on any atom is -0.441 e. The highest BCUT2D eigenvalue weighted by Crippen LogP contribution is 2.15. The number of amides is 1. The molecule has 0 fully saturated rings. The van der Waals surface area contributed by atoms with Crippen molar-refractivity contribution < 1.29 is 9.21 Å². The highest BCUT2D eigenvalue weighted by molar-refractivity contribution is 5.75. The highest BCUT2D eigenvalue weighted by Gasteiger charge is 2.09. The van der Waals surface area contributed by atoms with Gasteiger partial charge in [0.15, 0.2) is 11.5 Å². The molecule has 0 unspecified atom stereocenters. The maximum absolute atomic E-state index is 11.1. The lowest BCUT2D eigenvalue weighted by atomic mass is 10.2. The van der Waals surface area contributed by atoms with Gasteiger partial charge in [-0.3, -0.25) is 9.69 Å². The summed E-state index contributed by atoms with van der Waals surface area (Å²) in [5, 5.41) is 0. The van der Waals surface area contributed by atoms with Crippen molar-refractivity contribution >= 4 is 17.0 Å². The van der Waals surface area contributed by atoms with Crippen LogP contribution in [-0.4, -0.2) is 35.4 Å². The van der Waals surface area contributed by atoms with Crippen molar-refractivity contribution in [2.24, 2.45) is 5.73 Å². The van der Waals surface area contributed by atoms with Gasteiger partial charge in [0.25, 0.3) is 0 Å². The number of nitrogens with zero attached hydrogens (tertiary/aromatic N) is 2. The smallest absolute Gasteiger partial charge is 0.231 e. The number of rotatable bonds is 9. The molecule has 0 saturated carbocycles. The molecule has 0 saturated heterocycles. The third-order valence-corrected chi connectivity index (χ3v) is 3.41. The van der Waals surface area contributed by atoms with E-state index in [1.807, 2.05) is 24.3 Å². The average Bonchev–Trinajstić information content (AvgIpc) is 2.86. The van der Waals surface area contributed by atoms with Crippen LogP contribution < -0.4 is 5.73 Å². The van der Waals surface area contributed by atoms with Crippen molar-refractivity contribution in [1.82, 2.24) is 9.88 Å². The van der Waals surface area contributed by atoms with Crippen LogP contribution in [-0.2, 0) is 11.2 Å². The molecule has 0 atom stereocenters. The fraction of sp³-hybridized carbons (Fsp3) is 0.500. The van der Waals surface area contributed by atoms with Crippen LogP contribution in [0.3, 0.4) is 0 Å². The van der Waals surface area contributed by atoms with Gasteiger partial charge in [-0.2, -0.15) is 0 Å². The molecule has 21 heavy (non-hydrogen) atoms. The van der Waals surface area contributed by atoms with Crippen LogP contribution in [0.2, 0.25) is 0 Å². The number of aromatic nitrogens is 1. The van der Waals surface area contributed by atoms with E-state index in [9.17, 15) is 4.79 Å². The minimum absolute atomic E-state index is 0.270. The molecule has 1 aromatic heterocycles. The lowest BCUT2D eigenvalue weighted by Crippen LogP contribution is -2.35. The summed E-state index contributed by atoms with van der Waals surface area (Å²) in [6, 6.07) is 7.76. The summed E-state index contributed by atoms with van der Waals surface area (Å²) in [5.41, 5.74) is 7.01. The first-order chi connectivity index (χ1) is 10.2. The van der Waals surface area contributed by atoms with Crippen molar-refractivity contribution in [2.45, 2.75) is 32.6 Å². The van der Waals surface area contributed by atoms with E-state index in [0.717, 1.165) is 55.8 Å². The van der Waals surface area contributed by atoms with Gasteiger partial charge in [-0.05, 0) is 38.1 Å². The lowest BCUT2D eigenvalue weighted by Gasteiger charge is -2.19. The standard InChI is InChI=1S/C16H23N3O2/c1-2-3-10-19(12-15(17)20)11-6-9-16-18-13-7-4-5-8-14(13)21-16/h4-5,7-8H,2-3,6,9-12H2,1H3,(H2,17,20). The van der Waals surface area contributed by atoms with E-state index in [1.54, 1.807) is 0 Å². The summed E-state index contributed by atoms with van der Waals surface area (Å²) in [6.45, 7) is 4.21. The third-order valence-electron chi connectivity index (χ3n) is 3.41. The number of aryl methyl sites for hydroxylation is 1.